The Hall–Kier alpha value is -2.27. The van der Waals surface area contributed by atoms with E-state index in [0.717, 1.165) is 17.7 Å². The molecule has 28 heavy (non-hydrogen) atoms. The van der Waals surface area contributed by atoms with Crippen LogP contribution in [0.3, 0.4) is 0 Å². The van der Waals surface area contributed by atoms with E-state index in [0.29, 0.717) is 41.3 Å². The number of hydrogen-bond acceptors (Lipinski definition) is 4. The van der Waals surface area contributed by atoms with Gasteiger partial charge in [0.2, 0.25) is 0 Å². The van der Waals surface area contributed by atoms with Gasteiger partial charge in [0, 0.05) is 36.1 Å². The summed E-state index contributed by atoms with van der Waals surface area (Å²) in [6.45, 7) is 4.17. The second-order valence-electron chi connectivity index (χ2n) is 6.18. The summed E-state index contributed by atoms with van der Waals surface area (Å²) >= 11 is 12.7. The number of halogens is 2. The molecule has 1 N–H and O–H groups in total. The van der Waals surface area contributed by atoms with Crippen molar-refractivity contribution in [2.45, 2.75) is 26.6 Å². The molecule has 6 heteroatoms. The summed E-state index contributed by atoms with van der Waals surface area (Å²) in [5.74, 6) is 1.16. The lowest BCUT2D eigenvalue weighted by Crippen LogP contribution is -2.13. The van der Waals surface area contributed by atoms with Crippen LogP contribution in [0.25, 0.3) is 0 Å². The van der Waals surface area contributed by atoms with E-state index >= 15 is 0 Å². The van der Waals surface area contributed by atoms with Gasteiger partial charge in [0.1, 0.15) is 6.61 Å². The van der Waals surface area contributed by atoms with E-state index in [-0.39, 0.29) is 0 Å². The molecule has 0 aliphatic carbocycles. The van der Waals surface area contributed by atoms with E-state index in [2.05, 4.69) is 10.3 Å². The quantitative estimate of drug-likeness (QED) is 0.488. The van der Waals surface area contributed by atoms with Gasteiger partial charge in [-0.2, -0.15) is 0 Å². The first-order valence-electron chi connectivity index (χ1n) is 9.08. The number of nitrogens with zero attached hydrogens (tertiary/aromatic N) is 1. The molecule has 2 aromatic carbocycles. The SMILES string of the molecule is CCOc1cc(CNCc2ccncc2)cc(Cl)c1OCc1ccccc1Cl. The van der Waals surface area contributed by atoms with Gasteiger partial charge < -0.3 is 14.8 Å². The smallest absolute Gasteiger partial charge is 0.180 e. The van der Waals surface area contributed by atoms with Crippen LogP contribution in [0.15, 0.2) is 60.9 Å². The molecule has 0 atom stereocenters. The van der Waals surface area contributed by atoms with E-state index in [1.165, 1.54) is 5.56 Å². The zero-order valence-electron chi connectivity index (χ0n) is 15.6. The Morgan fingerprint density at radius 3 is 2.39 bits per heavy atom. The highest BCUT2D eigenvalue weighted by atomic mass is 35.5. The summed E-state index contributed by atoms with van der Waals surface area (Å²) in [6.07, 6.45) is 3.57. The van der Waals surface area contributed by atoms with Crippen molar-refractivity contribution in [1.82, 2.24) is 10.3 Å². The van der Waals surface area contributed by atoms with Crippen LogP contribution in [0.1, 0.15) is 23.6 Å². The fourth-order valence-corrected chi connectivity index (χ4v) is 3.22. The van der Waals surface area contributed by atoms with Crippen molar-refractivity contribution in [3.63, 3.8) is 0 Å². The van der Waals surface area contributed by atoms with Gasteiger partial charge in [-0.15, -0.1) is 0 Å². The van der Waals surface area contributed by atoms with Crippen LogP contribution >= 0.6 is 23.2 Å². The minimum atomic E-state index is 0.319. The predicted octanol–water partition coefficient (Wildman–Crippen LogP) is 5.66. The zero-order valence-corrected chi connectivity index (χ0v) is 17.1. The Morgan fingerprint density at radius 1 is 0.893 bits per heavy atom. The molecular formula is C22H22Cl2N2O2. The molecule has 1 heterocycles. The van der Waals surface area contributed by atoms with Crippen molar-refractivity contribution >= 4 is 23.2 Å². The predicted molar refractivity (Wildman–Crippen MR) is 113 cm³/mol. The minimum Gasteiger partial charge on any atom is -0.490 e. The highest BCUT2D eigenvalue weighted by Gasteiger charge is 2.13. The maximum absolute atomic E-state index is 6.50. The number of pyridine rings is 1. The molecule has 0 saturated heterocycles. The monoisotopic (exact) mass is 416 g/mol. The lowest BCUT2D eigenvalue weighted by molar-refractivity contribution is 0.269. The number of benzene rings is 2. The standard InChI is InChI=1S/C22H22Cl2N2O2/c1-2-27-21-12-17(14-26-13-16-7-9-25-10-8-16)11-20(24)22(21)28-15-18-5-3-4-6-19(18)23/h3-12,26H,2,13-15H2,1H3. The first kappa shape index (κ1) is 20.5. The van der Waals surface area contributed by atoms with Gasteiger partial charge in [0.15, 0.2) is 11.5 Å². The van der Waals surface area contributed by atoms with Crippen LogP contribution in [-0.4, -0.2) is 11.6 Å². The molecule has 146 valence electrons. The highest BCUT2D eigenvalue weighted by molar-refractivity contribution is 6.32. The van der Waals surface area contributed by atoms with Crippen LogP contribution in [0.2, 0.25) is 10.0 Å². The zero-order chi connectivity index (χ0) is 19.8. The molecule has 1 aromatic heterocycles. The van der Waals surface area contributed by atoms with Gasteiger partial charge >= 0.3 is 0 Å². The van der Waals surface area contributed by atoms with Gasteiger partial charge in [0.05, 0.1) is 11.6 Å². The largest absolute Gasteiger partial charge is 0.490 e. The van der Waals surface area contributed by atoms with Crippen LogP contribution < -0.4 is 14.8 Å². The maximum atomic E-state index is 6.50. The van der Waals surface area contributed by atoms with Crippen molar-refractivity contribution in [2.24, 2.45) is 0 Å². The first-order valence-corrected chi connectivity index (χ1v) is 9.84. The van der Waals surface area contributed by atoms with Crippen LogP contribution in [-0.2, 0) is 19.7 Å². The van der Waals surface area contributed by atoms with Crippen molar-refractivity contribution in [1.29, 1.82) is 0 Å². The summed E-state index contributed by atoms with van der Waals surface area (Å²) < 4.78 is 11.7. The van der Waals surface area contributed by atoms with Crippen LogP contribution in [0.5, 0.6) is 11.5 Å². The number of hydrogen-bond donors (Lipinski definition) is 1. The summed E-state index contributed by atoms with van der Waals surface area (Å²) in [6, 6.07) is 15.4. The molecule has 0 aliphatic heterocycles. The summed E-state index contributed by atoms with van der Waals surface area (Å²) in [4.78, 5) is 4.03. The molecule has 3 rings (SSSR count). The number of aromatic nitrogens is 1. The van der Waals surface area contributed by atoms with E-state index < -0.39 is 0 Å². The molecule has 0 unspecified atom stereocenters. The second-order valence-corrected chi connectivity index (χ2v) is 6.99. The average Bonchev–Trinajstić information content (AvgIpc) is 2.70. The highest BCUT2D eigenvalue weighted by Crippen LogP contribution is 2.37. The Kier molecular flexibility index (Phi) is 7.54. The van der Waals surface area contributed by atoms with Gasteiger partial charge in [-0.3, -0.25) is 4.98 Å². The van der Waals surface area contributed by atoms with Crippen molar-refractivity contribution in [3.8, 4) is 11.5 Å². The summed E-state index contributed by atoms with van der Waals surface area (Å²) in [5.41, 5.74) is 3.09. The van der Waals surface area contributed by atoms with Gasteiger partial charge in [-0.25, -0.2) is 0 Å². The van der Waals surface area contributed by atoms with E-state index in [1.54, 1.807) is 12.4 Å². The molecule has 3 aromatic rings. The van der Waals surface area contributed by atoms with Crippen molar-refractivity contribution < 1.29 is 9.47 Å². The summed E-state index contributed by atoms with van der Waals surface area (Å²) in [7, 11) is 0. The molecule has 0 radical (unpaired) electrons. The van der Waals surface area contributed by atoms with Crippen molar-refractivity contribution in [3.05, 3.63) is 87.7 Å². The molecule has 4 nitrogen and oxygen atoms in total. The Bertz CT molecular complexity index is 904. The van der Waals surface area contributed by atoms with Gasteiger partial charge in [-0.05, 0) is 48.4 Å². The lowest BCUT2D eigenvalue weighted by Gasteiger charge is -2.16. The number of rotatable bonds is 9. The fourth-order valence-electron chi connectivity index (χ4n) is 2.74. The second kappa shape index (κ2) is 10.3. The van der Waals surface area contributed by atoms with Gasteiger partial charge in [0.25, 0.3) is 0 Å². The molecule has 0 fully saturated rings. The van der Waals surface area contributed by atoms with E-state index in [9.17, 15) is 0 Å². The van der Waals surface area contributed by atoms with Crippen LogP contribution in [0, 0.1) is 0 Å². The van der Waals surface area contributed by atoms with Crippen LogP contribution in [0.4, 0.5) is 0 Å². The summed E-state index contributed by atoms with van der Waals surface area (Å²) in [5, 5.41) is 4.57. The first-order chi connectivity index (χ1) is 13.7. The molecule has 0 amide bonds. The van der Waals surface area contributed by atoms with Gasteiger partial charge in [-0.1, -0.05) is 41.4 Å². The topological polar surface area (TPSA) is 43.4 Å². The lowest BCUT2D eigenvalue weighted by atomic mass is 10.2. The average molecular weight is 417 g/mol. The minimum absolute atomic E-state index is 0.319. The number of ether oxygens (including phenoxy) is 2. The molecule has 0 spiro atoms. The van der Waals surface area contributed by atoms with Crippen molar-refractivity contribution in [2.75, 3.05) is 6.61 Å². The fraction of sp³-hybridized carbons (Fsp3) is 0.227. The van der Waals surface area contributed by atoms with E-state index in [4.69, 9.17) is 32.7 Å². The molecule has 0 bridgehead atoms. The molecule has 0 saturated carbocycles. The molecular weight excluding hydrogens is 395 g/mol. The Labute approximate surface area is 175 Å². The van der Waals surface area contributed by atoms with E-state index in [1.807, 2.05) is 55.5 Å². The Balaban J connectivity index is 1.69. The number of nitrogens with one attached hydrogen (secondary N) is 1. The third kappa shape index (κ3) is 5.61. The third-order valence-corrected chi connectivity index (χ3v) is 4.76. The normalized spacial score (nSPS) is 10.7. The maximum Gasteiger partial charge on any atom is 0.180 e. The third-order valence-electron chi connectivity index (χ3n) is 4.11. The molecule has 0 aliphatic rings. The Morgan fingerprint density at radius 2 is 1.64 bits per heavy atom.